The average molecular weight is 298 g/mol. The summed E-state index contributed by atoms with van der Waals surface area (Å²) in [6.07, 6.45) is 4.86. The van der Waals surface area contributed by atoms with Gasteiger partial charge in [0.15, 0.2) is 0 Å². The van der Waals surface area contributed by atoms with E-state index in [1.54, 1.807) is 0 Å². The number of halogens is 1. The van der Waals surface area contributed by atoms with E-state index in [2.05, 4.69) is 33.0 Å². The molecule has 114 valence electrons. The highest BCUT2D eigenvalue weighted by Crippen LogP contribution is 2.27. The second-order valence-electron chi connectivity index (χ2n) is 6.23. The minimum atomic E-state index is 0.0670. The van der Waals surface area contributed by atoms with Crippen LogP contribution in [-0.4, -0.2) is 12.1 Å². The van der Waals surface area contributed by atoms with Crippen molar-refractivity contribution < 1.29 is 4.74 Å². The first-order chi connectivity index (χ1) is 9.44. The lowest BCUT2D eigenvalue weighted by molar-refractivity contribution is 0.299. The Balaban J connectivity index is 2.58. The molecule has 0 aliphatic rings. The molecule has 0 unspecified atom stereocenters. The summed E-state index contributed by atoms with van der Waals surface area (Å²) >= 11 is 6.30. The van der Waals surface area contributed by atoms with E-state index in [0.717, 1.165) is 35.9 Å². The summed E-state index contributed by atoms with van der Waals surface area (Å²) in [5, 5.41) is 4.24. The smallest absolute Gasteiger partial charge is 0.125 e. The topological polar surface area (TPSA) is 21.3 Å². The van der Waals surface area contributed by atoms with Crippen LogP contribution in [0.2, 0.25) is 5.02 Å². The van der Waals surface area contributed by atoms with Crippen LogP contribution in [0.15, 0.2) is 18.2 Å². The summed E-state index contributed by atoms with van der Waals surface area (Å²) in [5.74, 6) is 0.908. The largest absolute Gasteiger partial charge is 0.493 e. The highest BCUT2D eigenvalue weighted by atomic mass is 35.5. The molecule has 0 heterocycles. The van der Waals surface area contributed by atoms with E-state index < -0.39 is 0 Å². The number of benzene rings is 1. The van der Waals surface area contributed by atoms with Gasteiger partial charge in [0, 0.05) is 22.7 Å². The van der Waals surface area contributed by atoms with Crippen molar-refractivity contribution in [2.24, 2.45) is 0 Å². The van der Waals surface area contributed by atoms with Crippen molar-refractivity contribution in [3.05, 3.63) is 28.8 Å². The van der Waals surface area contributed by atoms with E-state index >= 15 is 0 Å². The lowest BCUT2D eigenvalue weighted by atomic mass is 10.1. The fourth-order valence-electron chi connectivity index (χ4n) is 1.91. The van der Waals surface area contributed by atoms with Crippen molar-refractivity contribution in [2.45, 2.75) is 65.5 Å². The highest BCUT2D eigenvalue weighted by molar-refractivity contribution is 6.31. The second kappa shape index (κ2) is 8.53. The van der Waals surface area contributed by atoms with Crippen LogP contribution in [0.25, 0.3) is 0 Å². The Bertz CT molecular complexity index is 398. The Morgan fingerprint density at radius 3 is 2.55 bits per heavy atom. The molecule has 1 rings (SSSR count). The first kappa shape index (κ1) is 17.3. The molecule has 0 saturated carbocycles. The minimum absolute atomic E-state index is 0.0670. The van der Waals surface area contributed by atoms with Crippen LogP contribution >= 0.6 is 11.6 Å². The Kier molecular flexibility index (Phi) is 7.39. The van der Waals surface area contributed by atoms with Crippen LogP contribution < -0.4 is 10.1 Å². The van der Waals surface area contributed by atoms with E-state index in [1.165, 1.54) is 19.3 Å². The monoisotopic (exact) mass is 297 g/mol. The number of hydrogen-bond donors (Lipinski definition) is 1. The van der Waals surface area contributed by atoms with Crippen LogP contribution in [0.5, 0.6) is 5.75 Å². The van der Waals surface area contributed by atoms with Gasteiger partial charge >= 0.3 is 0 Å². The maximum absolute atomic E-state index is 6.30. The predicted octanol–water partition coefficient (Wildman–Crippen LogP) is 5.19. The van der Waals surface area contributed by atoms with Gasteiger partial charge in [0.05, 0.1) is 6.61 Å². The summed E-state index contributed by atoms with van der Waals surface area (Å²) < 4.78 is 5.91. The molecule has 20 heavy (non-hydrogen) atoms. The second-order valence-corrected chi connectivity index (χ2v) is 6.64. The maximum Gasteiger partial charge on any atom is 0.125 e. The Labute approximate surface area is 128 Å². The normalized spacial score (nSPS) is 11.7. The molecule has 2 nitrogen and oxygen atoms in total. The molecule has 0 fully saturated rings. The molecular formula is C17H28ClNO. The fraction of sp³-hybridized carbons (Fsp3) is 0.647. The van der Waals surface area contributed by atoms with Crippen LogP contribution in [0.1, 0.15) is 58.9 Å². The number of ether oxygens (including phenoxy) is 1. The van der Waals surface area contributed by atoms with Crippen molar-refractivity contribution in [3.63, 3.8) is 0 Å². The van der Waals surface area contributed by atoms with Crippen molar-refractivity contribution in [1.29, 1.82) is 0 Å². The minimum Gasteiger partial charge on any atom is -0.493 e. The zero-order valence-electron chi connectivity index (χ0n) is 13.3. The van der Waals surface area contributed by atoms with Crippen LogP contribution in [0.3, 0.4) is 0 Å². The van der Waals surface area contributed by atoms with E-state index in [4.69, 9.17) is 16.3 Å². The zero-order chi connectivity index (χ0) is 15.0. The molecule has 1 aromatic carbocycles. The Hall–Kier alpha value is -0.730. The SMILES string of the molecule is CCCCCCOc1cccc(Cl)c1CNC(C)(C)C. The van der Waals surface area contributed by atoms with Gasteiger partial charge in [-0.05, 0) is 39.3 Å². The molecule has 1 aromatic rings. The zero-order valence-corrected chi connectivity index (χ0v) is 14.0. The molecule has 0 aliphatic carbocycles. The van der Waals surface area contributed by atoms with Crippen LogP contribution in [-0.2, 0) is 6.54 Å². The van der Waals surface area contributed by atoms with Gasteiger partial charge in [-0.1, -0.05) is 43.9 Å². The van der Waals surface area contributed by atoms with Gasteiger partial charge in [0.1, 0.15) is 5.75 Å². The van der Waals surface area contributed by atoms with Gasteiger partial charge in [-0.2, -0.15) is 0 Å². The number of nitrogens with one attached hydrogen (secondary N) is 1. The van der Waals surface area contributed by atoms with Gasteiger partial charge in [-0.15, -0.1) is 0 Å². The van der Waals surface area contributed by atoms with Crippen LogP contribution in [0.4, 0.5) is 0 Å². The molecule has 0 aliphatic heterocycles. The van der Waals surface area contributed by atoms with E-state index in [9.17, 15) is 0 Å². The summed E-state index contributed by atoms with van der Waals surface area (Å²) in [5.41, 5.74) is 1.12. The van der Waals surface area contributed by atoms with E-state index in [1.807, 2.05) is 18.2 Å². The maximum atomic E-state index is 6.30. The average Bonchev–Trinajstić information content (AvgIpc) is 2.36. The molecule has 0 radical (unpaired) electrons. The summed E-state index contributed by atoms with van der Waals surface area (Å²) in [4.78, 5) is 0. The molecule has 0 aromatic heterocycles. The molecule has 0 bridgehead atoms. The molecule has 0 saturated heterocycles. The number of unbranched alkanes of at least 4 members (excludes halogenated alkanes) is 3. The summed E-state index contributed by atoms with van der Waals surface area (Å²) in [6.45, 7) is 10.2. The number of rotatable bonds is 8. The third-order valence-electron chi connectivity index (χ3n) is 3.13. The van der Waals surface area contributed by atoms with Crippen molar-refractivity contribution >= 4 is 11.6 Å². The number of hydrogen-bond acceptors (Lipinski definition) is 2. The molecular weight excluding hydrogens is 270 g/mol. The third kappa shape index (κ3) is 6.62. The lowest BCUT2D eigenvalue weighted by Gasteiger charge is -2.22. The summed E-state index contributed by atoms with van der Waals surface area (Å²) in [7, 11) is 0. The van der Waals surface area contributed by atoms with Gasteiger partial charge in [0.25, 0.3) is 0 Å². The summed E-state index contributed by atoms with van der Waals surface area (Å²) in [6, 6.07) is 5.88. The van der Waals surface area contributed by atoms with Gasteiger partial charge in [-0.25, -0.2) is 0 Å². The lowest BCUT2D eigenvalue weighted by Crippen LogP contribution is -2.35. The first-order valence-corrected chi connectivity index (χ1v) is 7.97. The quantitative estimate of drug-likeness (QED) is 0.667. The Morgan fingerprint density at radius 2 is 1.90 bits per heavy atom. The van der Waals surface area contributed by atoms with E-state index in [0.29, 0.717) is 0 Å². The van der Waals surface area contributed by atoms with Crippen molar-refractivity contribution in [3.8, 4) is 5.75 Å². The molecule has 3 heteroatoms. The van der Waals surface area contributed by atoms with Gasteiger partial charge < -0.3 is 10.1 Å². The molecule has 1 N–H and O–H groups in total. The molecule has 0 spiro atoms. The van der Waals surface area contributed by atoms with E-state index in [-0.39, 0.29) is 5.54 Å². The van der Waals surface area contributed by atoms with Crippen LogP contribution in [0, 0.1) is 0 Å². The Morgan fingerprint density at radius 1 is 1.15 bits per heavy atom. The highest BCUT2D eigenvalue weighted by Gasteiger charge is 2.13. The first-order valence-electron chi connectivity index (χ1n) is 7.59. The van der Waals surface area contributed by atoms with Crippen molar-refractivity contribution in [2.75, 3.05) is 6.61 Å². The predicted molar refractivity (Wildman–Crippen MR) is 87.7 cm³/mol. The fourth-order valence-corrected chi connectivity index (χ4v) is 2.14. The van der Waals surface area contributed by atoms with Gasteiger partial charge in [-0.3, -0.25) is 0 Å². The molecule has 0 atom stereocenters. The van der Waals surface area contributed by atoms with Crippen molar-refractivity contribution in [1.82, 2.24) is 5.32 Å². The third-order valence-corrected chi connectivity index (χ3v) is 3.48. The molecule has 0 amide bonds. The van der Waals surface area contributed by atoms with Gasteiger partial charge in [0.2, 0.25) is 0 Å². The standard InChI is InChI=1S/C17H28ClNO/c1-5-6-7-8-12-20-16-11-9-10-15(18)14(16)13-19-17(2,3)4/h9-11,19H,5-8,12-13H2,1-4H3.